The average molecular weight is 333 g/mol. The molecular formula is C17H17ClN2O3. The van der Waals surface area contributed by atoms with Crippen molar-refractivity contribution in [2.45, 2.75) is 13.3 Å². The molecule has 120 valence electrons. The number of halogens is 1. The van der Waals surface area contributed by atoms with E-state index in [0.717, 1.165) is 6.42 Å². The van der Waals surface area contributed by atoms with Crippen LogP contribution in [0.15, 0.2) is 53.7 Å². The van der Waals surface area contributed by atoms with Crippen molar-refractivity contribution in [2.24, 2.45) is 10.9 Å². The first-order valence-electron chi connectivity index (χ1n) is 7.09. The second-order valence-corrected chi connectivity index (χ2v) is 5.17. The molecule has 0 heterocycles. The van der Waals surface area contributed by atoms with Crippen LogP contribution in [0.1, 0.15) is 18.1 Å². The number of amidine groups is 1. The summed E-state index contributed by atoms with van der Waals surface area (Å²) in [7, 11) is 0. The minimum atomic E-state index is -0.638. The molecule has 2 aromatic carbocycles. The number of ether oxygens (including phenoxy) is 1. The highest BCUT2D eigenvalue weighted by molar-refractivity contribution is 6.30. The number of nitrogens with two attached hydrogens (primary N) is 1. The largest absolute Gasteiger partial charge is 0.482 e. The van der Waals surface area contributed by atoms with E-state index in [0.29, 0.717) is 16.3 Å². The van der Waals surface area contributed by atoms with Gasteiger partial charge in [-0.05, 0) is 48.4 Å². The molecule has 0 aliphatic heterocycles. The molecule has 0 aliphatic rings. The third-order valence-electron chi connectivity index (χ3n) is 3.07. The average Bonchev–Trinajstić information content (AvgIpc) is 2.59. The van der Waals surface area contributed by atoms with Crippen LogP contribution in [-0.2, 0) is 16.1 Å². The minimum Gasteiger partial charge on any atom is -0.482 e. The number of rotatable bonds is 6. The van der Waals surface area contributed by atoms with Crippen LogP contribution in [0.5, 0.6) is 5.75 Å². The Kier molecular flexibility index (Phi) is 6.00. The fourth-order valence-corrected chi connectivity index (χ4v) is 1.89. The van der Waals surface area contributed by atoms with Crippen LogP contribution in [0.25, 0.3) is 0 Å². The van der Waals surface area contributed by atoms with Gasteiger partial charge in [0.25, 0.3) is 0 Å². The number of aryl methyl sites for hydroxylation is 1. The van der Waals surface area contributed by atoms with Crippen LogP contribution in [-0.4, -0.2) is 18.4 Å². The number of benzene rings is 2. The van der Waals surface area contributed by atoms with Gasteiger partial charge in [-0.3, -0.25) is 0 Å². The molecule has 0 saturated carbocycles. The molecule has 6 heteroatoms. The highest BCUT2D eigenvalue weighted by Crippen LogP contribution is 2.12. The topological polar surface area (TPSA) is 73.9 Å². The third kappa shape index (κ3) is 5.30. The fraction of sp³-hybridized carbons (Fsp3) is 0.176. The molecule has 23 heavy (non-hydrogen) atoms. The van der Waals surface area contributed by atoms with E-state index < -0.39 is 5.97 Å². The lowest BCUT2D eigenvalue weighted by atomic mass is 10.2. The maximum Gasteiger partial charge on any atom is 0.372 e. The van der Waals surface area contributed by atoms with E-state index >= 15 is 0 Å². The molecule has 5 nitrogen and oxygen atoms in total. The van der Waals surface area contributed by atoms with Crippen molar-refractivity contribution in [3.05, 3.63) is 64.7 Å². The second kappa shape index (κ2) is 8.19. The Morgan fingerprint density at radius 2 is 1.78 bits per heavy atom. The van der Waals surface area contributed by atoms with Crippen molar-refractivity contribution in [2.75, 3.05) is 6.61 Å². The van der Waals surface area contributed by atoms with Crippen molar-refractivity contribution >= 4 is 23.4 Å². The quantitative estimate of drug-likeness (QED) is 0.381. The van der Waals surface area contributed by atoms with Gasteiger partial charge < -0.3 is 15.3 Å². The van der Waals surface area contributed by atoms with Gasteiger partial charge in [-0.15, -0.1) is 0 Å². The number of hydrogen-bond donors (Lipinski definition) is 1. The van der Waals surface area contributed by atoms with Crippen LogP contribution in [0.3, 0.4) is 0 Å². The van der Waals surface area contributed by atoms with Gasteiger partial charge in [0, 0.05) is 10.6 Å². The molecule has 0 spiro atoms. The number of nitrogens with zero attached hydrogens (tertiary/aromatic N) is 1. The van der Waals surface area contributed by atoms with Gasteiger partial charge >= 0.3 is 5.97 Å². The first-order valence-corrected chi connectivity index (χ1v) is 7.47. The van der Waals surface area contributed by atoms with Crippen LogP contribution in [0.2, 0.25) is 5.02 Å². The van der Waals surface area contributed by atoms with E-state index in [-0.39, 0.29) is 12.4 Å². The first kappa shape index (κ1) is 16.8. The first-order chi connectivity index (χ1) is 11.1. The summed E-state index contributed by atoms with van der Waals surface area (Å²) in [4.78, 5) is 16.3. The van der Waals surface area contributed by atoms with Gasteiger partial charge in [0.15, 0.2) is 12.4 Å². The van der Waals surface area contributed by atoms with Crippen molar-refractivity contribution in [1.82, 2.24) is 0 Å². The van der Waals surface area contributed by atoms with Crippen LogP contribution in [0.4, 0.5) is 0 Å². The predicted molar refractivity (Wildman–Crippen MR) is 89.6 cm³/mol. The second-order valence-electron chi connectivity index (χ2n) is 4.73. The summed E-state index contributed by atoms with van der Waals surface area (Å²) in [6.45, 7) is 1.82. The third-order valence-corrected chi connectivity index (χ3v) is 3.33. The Morgan fingerprint density at radius 1 is 1.13 bits per heavy atom. The minimum absolute atomic E-state index is 0.0855. The van der Waals surface area contributed by atoms with Gasteiger partial charge in [0.2, 0.25) is 0 Å². The summed E-state index contributed by atoms with van der Waals surface area (Å²) in [5, 5.41) is 4.17. The van der Waals surface area contributed by atoms with E-state index in [9.17, 15) is 4.79 Å². The van der Waals surface area contributed by atoms with Crippen molar-refractivity contribution in [1.29, 1.82) is 0 Å². The van der Waals surface area contributed by atoms with Gasteiger partial charge in [0.05, 0.1) is 0 Å². The van der Waals surface area contributed by atoms with E-state index in [4.69, 9.17) is 26.9 Å². The highest BCUT2D eigenvalue weighted by Gasteiger charge is 2.06. The molecule has 0 saturated heterocycles. The van der Waals surface area contributed by atoms with Crippen molar-refractivity contribution in [3.63, 3.8) is 0 Å². The predicted octanol–water partition coefficient (Wildman–Crippen LogP) is 3.14. The monoisotopic (exact) mass is 332 g/mol. The standard InChI is InChI=1S/C17H17ClN2O3/c1-2-12-3-9-15(10-4-12)22-11-16(21)23-20-17(19)13-5-7-14(18)8-6-13/h3-10H,2,11H2,1H3,(H2,19,20). The van der Waals surface area contributed by atoms with Gasteiger partial charge in [-0.2, -0.15) is 0 Å². The molecular weight excluding hydrogens is 316 g/mol. The highest BCUT2D eigenvalue weighted by atomic mass is 35.5. The molecule has 2 N–H and O–H groups in total. The van der Waals surface area contributed by atoms with Crippen molar-refractivity contribution < 1.29 is 14.4 Å². The van der Waals surface area contributed by atoms with E-state index in [1.165, 1.54) is 5.56 Å². The molecule has 0 aliphatic carbocycles. The molecule has 0 atom stereocenters. The van der Waals surface area contributed by atoms with Gasteiger partial charge in [-0.1, -0.05) is 35.8 Å². The Bertz CT molecular complexity index is 682. The number of carbonyl (C=O) groups excluding carboxylic acids is 1. The van der Waals surface area contributed by atoms with E-state index in [1.807, 2.05) is 12.1 Å². The van der Waals surface area contributed by atoms with Crippen LogP contribution in [0, 0.1) is 0 Å². The zero-order chi connectivity index (χ0) is 16.7. The number of carbonyl (C=O) groups is 1. The maximum atomic E-state index is 11.6. The normalized spacial score (nSPS) is 11.1. The molecule has 0 bridgehead atoms. The summed E-state index contributed by atoms with van der Waals surface area (Å²) < 4.78 is 5.32. The van der Waals surface area contributed by atoms with Gasteiger partial charge in [-0.25, -0.2) is 4.79 Å². The summed E-state index contributed by atoms with van der Waals surface area (Å²) in [6, 6.07) is 14.2. The molecule has 0 aromatic heterocycles. The maximum absolute atomic E-state index is 11.6. The van der Waals surface area contributed by atoms with E-state index in [1.54, 1.807) is 36.4 Å². The summed E-state index contributed by atoms with van der Waals surface area (Å²) in [5.41, 5.74) is 7.53. The lowest BCUT2D eigenvalue weighted by Crippen LogP contribution is -2.17. The fourth-order valence-electron chi connectivity index (χ4n) is 1.76. The van der Waals surface area contributed by atoms with E-state index in [2.05, 4.69) is 12.1 Å². The molecule has 2 aromatic rings. The van der Waals surface area contributed by atoms with Crippen molar-refractivity contribution in [3.8, 4) is 5.75 Å². The zero-order valence-electron chi connectivity index (χ0n) is 12.7. The summed E-state index contributed by atoms with van der Waals surface area (Å²) >= 11 is 5.78. The SMILES string of the molecule is CCc1ccc(OCC(=O)ON=C(N)c2ccc(Cl)cc2)cc1. The number of hydrogen-bond acceptors (Lipinski definition) is 4. The van der Waals surface area contributed by atoms with Gasteiger partial charge in [0.1, 0.15) is 5.75 Å². The molecule has 0 fully saturated rings. The Labute approximate surface area is 139 Å². The molecule has 0 radical (unpaired) electrons. The lowest BCUT2D eigenvalue weighted by Gasteiger charge is -2.05. The number of oxime groups is 1. The lowest BCUT2D eigenvalue weighted by molar-refractivity contribution is -0.146. The van der Waals surface area contributed by atoms with Crippen LogP contribution < -0.4 is 10.5 Å². The molecule has 2 rings (SSSR count). The Balaban J connectivity index is 1.84. The van der Waals surface area contributed by atoms with Crippen LogP contribution >= 0.6 is 11.6 Å². The molecule has 0 amide bonds. The smallest absolute Gasteiger partial charge is 0.372 e. The Hall–Kier alpha value is -2.53. The Morgan fingerprint density at radius 3 is 2.39 bits per heavy atom. The summed E-state index contributed by atoms with van der Waals surface area (Å²) in [6.07, 6.45) is 0.945. The zero-order valence-corrected chi connectivity index (χ0v) is 13.4. The summed E-state index contributed by atoms with van der Waals surface area (Å²) in [5.74, 6) is 0.0394. The molecule has 0 unspecified atom stereocenters.